The summed E-state index contributed by atoms with van der Waals surface area (Å²) in [6, 6.07) is 7.88. The summed E-state index contributed by atoms with van der Waals surface area (Å²) in [6.07, 6.45) is 21.2. The Morgan fingerprint density at radius 2 is 1.15 bits per heavy atom. The maximum Gasteiger partial charge on any atom is 0.397 e. The van der Waals surface area contributed by atoms with Gasteiger partial charge in [0.15, 0.2) is 0 Å². The highest BCUT2D eigenvalue weighted by molar-refractivity contribution is 7.42. The molecule has 1 aromatic carbocycles. The van der Waals surface area contributed by atoms with Crippen LogP contribution in [0.1, 0.15) is 198 Å². The molecule has 55 heavy (non-hydrogen) atoms. The molecule has 6 nitrogen and oxygen atoms in total. The molecule has 0 saturated heterocycles. The molecule has 1 aromatic rings. The largest absolute Gasteiger partial charge is 0.426 e. The summed E-state index contributed by atoms with van der Waals surface area (Å²) < 4.78 is 31.7. The fourth-order valence-electron chi connectivity index (χ4n) is 8.51. The lowest BCUT2D eigenvalue weighted by atomic mass is 9.75. The zero-order valence-corrected chi connectivity index (χ0v) is 39.6. The maximum atomic E-state index is 10.5. The Morgan fingerprint density at radius 1 is 0.618 bits per heavy atom. The molecule has 0 aliphatic heterocycles. The molecule has 4 fully saturated rings. The molecule has 0 radical (unpaired) electrons. The van der Waals surface area contributed by atoms with Crippen molar-refractivity contribution in [3.63, 3.8) is 0 Å². The van der Waals surface area contributed by atoms with E-state index in [2.05, 4.69) is 83.1 Å². The van der Waals surface area contributed by atoms with Crippen LogP contribution in [0.25, 0.3) is 0 Å². The Labute approximate surface area is 343 Å². The molecule has 0 amide bonds. The average molecular weight is 811 g/mol. The standard InChI is InChI=1S/C31H52O6P2.C10H20.2C3H8/c1-22(2)29-17-16-25(5)20-31(29)37-39(35-28-14-9-11-24(4)19-28)36-30-15-7-6-12-26(30)21-33-38(32)34-27-13-8-10-23(3)18-27;1-8(2)10-6-4-9(3)5-7-10;2*1-3-2/h6-7,12,15,22-25,27-29,31-32H,8-11,13-14,16-21H2,1-5H3;8-10H,4-7H2,1-3H3;2*3H2,1-2H3/t23?,24?,25-,27?,28?,29?,31-,38?,39?;;;/m1.../s1. The van der Waals surface area contributed by atoms with Crippen molar-refractivity contribution in [3.8, 4) is 5.75 Å². The molecule has 5 rings (SSSR count). The first-order valence-electron chi connectivity index (χ1n) is 23.0. The molecule has 322 valence electrons. The first kappa shape index (κ1) is 50.8. The lowest BCUT2D eigenvalue weighted by molar-refractivity contribution is 0.0181. The third-order valence-electron chi connectivity index (χ3n) is 11.9. The van der Waals surface area contributed by atoms with Crippen molar-refractivity contribution in [1.82, 2.24) is 0 Å². The molecular formula is C47H88O6P2. The van der Waals surface area contributed by atoms with Gasteiger partial charge >= 0.3 is 17.2 Å². The van der Waals surface area contributed by atoms with Crippen LogP contribution in [0.2, 0.25) is 0 Å². The SMILES string of the molecule is CC1CCC(C(C)C)CC1.CC1CCCC(OP(O)OCc2ccccc2OP(OC2CCCC(C)C2)O[C@@H]2C[C@H](C)CCC2C(C)C)C1.CCC.CCC. The van der Waals surface area contributed by atoms with Crippen molar-refractivity contribution in [2.24, 2.45) is 47.3 Å². The smallest absolute Gasteiger partial charge is 0.397 e. The van der Waals surface area contributed by atoms with E-state index in [1.165, 1.54) is 70.6 Å². The Morgan fingerprint density at radius 3 is 1.69 bits per heavy atom. The first-order chi connectivity index (χ1) is 26.3. The van der Waals surface area contributed by atoms with Gasteiger partial charge in [0.05, 0.1) is 24.9 Å². The summed E-state index contributed by atoms with van der Waals surface area (Å²) in [5, 5.41) is 0. The molecule has 1 N–H and O–H groups in total. The van der Waals surface area contributed by atoms with Crippen LogP contribution in [0.4, 0.5) is 0 Å². The van der Waals surface area contributed by atoms with Gasteiger partial charge < -0.3 is 18.5 Å². The molecule has 7 unspecified atom stereocenters. The first-order valence-corrected chi connectivity index (χ1v) is 25.2. The van der Waals surface area contributed by atoms with Crippen molar-refractivity contribution in [1.29, 1.82) is 0 Å². The van der Waals surface area contributed by atoms with E-state index >= 15 is 0 Å². The summed E-state index contributed by atoms with van der Waals surface area (Å²) in [5.74, 6) is 6.69. The van der Waals surface area contributed by atoms with Gasteiger partial charge in [-0.15, -0.1) is 0 Å². The second-order valence-electron chi connectivity index (χ2n) is 18.6. The normalized spacial score (nSPS) is 30.8. The quantitative estimate of drug-likeness (QED) is 0.200. The van der Waals surface area contributed by atoms with Crippen molar-refractivity contribution >= 4 is 17.2 Å². The summed E-state index contributed by atoms with van der Waals surface area (Å²) in [6.45, 7) is 27.3. The topological polar surface area (TPSA) is 66.4 Å². The van der Waals surface area contributed by atoms with Gasteiger partial charge in [-0.3, -0.25) is 9.05 Å². The van der Waals surface area contributed by atoms with Gasteiger partial charge in [0.2, 0.25) is 0 Å². The molecule has 8 heteroatoms. The maximum absolute atomic E-state index is 10.5. The zero-order valence-electron chi connectivity index (χ0n) is 37.8. The number of benzene rings is 1. The van der Waals surface area contributed by atoms with Gasteiger partial charge in [-0.1, -0.05) is 159 Å². The van der Waals surface area contributed by atoms with Crippen molar-refractivity contribution < 1.29 is 27.5 Å². The highest BCUT2D eigenvalue weighted by Gasteiger charge is 2.36. The van der Waals surface area contributed by atoms with E-state index in [4.69, 9.17) is 22.6 Å². The van der Waals surface area contributed by atoms with E-state index in [9.17, 15) is 4.89 Å². The number of para-hydroxylation sites is 1. The van der Waals surface area contributed by atoms with Crippen LogP contribution in [0.15, 0.2) is 24.3 Å². The van der Waals surface area contributed by atoms with Gasteiger partial charge in [-0.25, -0.2) is 0 Å². The Kier molecular flexibility index (Phi) is 26.8. The molecular weight excluding hydrogens is 722 g/mol. The second kappa shape index (κ2) is 29.0. The third-order valence-corrected chi connectivity index (χ3v) is 14.0. The highest BCUT2D eigenvalue weighted by atomic mass is 31.2. The van der Waals surface area contributed by atoms with Crippen LogP contribution in [-0.2, 0) is 24.7 Å². The number of hydrogen-bond donors (Lipinski definition) is 1. The Balaban J connectivity index is 0.000000546. The van der Waals surface area contributed by atoms with Crippen LogP contribution in [0, 0.1) is 47.3 Å². The van der Waals surface area contributed by atoms with E-state index in [1.54, 1.807) is 0 Å². The van der Waals surface area contributed by atoms with E-state index in [-0.39, 0.29) is 24.9 Å². The second-order valence-corrected chi connectivity index (χ2v) is 20.6. The van der Waals surface area contributed by atoms with E-state index in [0.29, 0.717) is 35.3 Å². The summed E-state index contributed by atoms with van der Waals surface area (Å²) in [4.78, 5) is 10.5. The van der Waals surface area contributed by atoms with Crippen molar-refractivity contribution in [2.75, 3.05) is 0 Å². The lowest BCUT2D eigenvalue weighted by Crippen LogP contribution is -2.34. The molecule has 4 aliphatic rings. The monoisotopic (exact) mass is 811 g/mol. The Bertz CT molecular complexity index is 1080. The van der Waals surface area contributed by atoms with Crippen LogP contribution < -0.4 is 4.52 Å². The van der Waals surface area contributed by atoms with E-state index < -0.39 is 17.2 Å². The van der Waals surface area contributed by atoms with Gasteiger partial charge in [0.1, 0.15) is 5.75 Å². The zero-order chi connectivity index (χ0) is 40.8. The lowest BCUT2D eigenvalue weighted by Gasteiger charge is -2.38. The molecule has 4 saturated carbocycles. The van der Waals surface area contributed by atoms with Crippen LogP contribution in [0.5, 0.6) is 5.75 Å². The van der Waals surface area contributed by atoms with Crippen LogP contribution in [-0.4, -0.2) is 23.2 Å². The third kappa shape index (κ3) is 21.0. The number of rotatable bonds is 13. The van der Waals surface area contributed by atoms with Crippen LogP contribution in [0.3, 0.4) is 0 Å². The highest BCUT2D eigenvalue weighted by Crippen LogP contribution is 2.51. The van der Waals surface area contributed by atoms with Gasteiger partial charge in [-0.05, 0) is 105 Å². The fraction of sp³-hybridized carbons (Fsp3) is 0.872. The molecule has 9 atom stereocenters. The number of hydrogen-bond acceptors (Lipinski definition) is 6. The predicted octanol–water partition coefficient (Wildman–Crippen LogP) is 16.0. The minimum Gasteiger partial charge on any atom is -0.426 e. The average Bonchev–Trinajstić information content (AvgIpc) is 3.12. The van der Waals surface area contributed by atoms with Gasteiger partial charge in [-0.2, -0.15) is 0 Å². The van der Waals surface area contributed by atoms with E-state index in [1.807, 2.05) is 24.3 Å². The molecule has 0 aromatic heterocycles. The minimum atomic E-state index is -1.94. The van der Waals surface area contributed by atoms with Crippen molar-refractivity contribution in [3.05, 3.63) is 29.8 Å². The van der Waals surface area contributed by atoms with Crippen molar-refractivity contribution in [2.45, 2.75) is 217 Å². The van der Waals surface area contributed by atoms with Gasteiger partial charge in [0, 0.05) is 5.56 Å². The van der Waals surface area contributed by atoms with Crippen LogP contribution >= 0.6 is 17.2 Å². The summed E-state index contributed by atoms with van der Waals surface area (Å²) >= 11 is 0. The Hall–Kier alpha value is -0.320. The van der Waals surface area contributed by atoms with E-state index in [0.717, 1.165) is 61.8 Å². The fourth-order valence-corrected chi connectivity index (χ4v) is 10.6. The van der Waals surface area contributed by atoms with Gasteiger partial charge in [0.25, 0.3) is 0 Å². The summed E-state index contributed by atoms with van der Waals surface area (Å²) in [5.41, 5.74) is 0.869. The molecule has 4 aliphatic carbocycles. The molecule has 0 bridgehead atoms. The molecule has 0 spiro atoms. The minimum absolute atomic E-state index is 0.0793. The summed E-state index contributed by atoms with van der Waals surface area (Å²) in [7, 11) is -3.52. The molecule has 0 heterocycles. The predicted molar refractivity (Wildman–Crippen MR) is 237 cm³/mol.